The number of alkyl halides is 1. The minimum absolute atomic E-state index is 0.263. The van der Waals surface area contributed by atoms with Gasteiger partial charge in [0.25, 0.3) is 0 Å². The van der Waals surface area contributed by atoms with Crippen molar-refractivity contribution in [3.05, 3.63) is 0 Å². The van der Waals surface area contributed by atoms with Gasteiger partial charge >= 0.3 is 0 Å². The summed E-state index contributed by atoms with van der Waals surface area (Å²) in [7, 11) is 0. The predicted octanol–water partition coefficient (Wildman–Crippen LogP) is -15.2. The van der Waals surface area contributed by atoms with Gasteiger partial charge in [-0.25, -0.2) is 0 Å². The van der Waals surface area contributed by atoms with Crippen molar-refractivity contribution in [1.29, 1.82) is 0 Å². The molecule has 7 rings (SSSR count). The molecule has 41 nitrogen and oxygen atoms in total. The van der Waals surface area contributed by atoms with Gasteiger partial charge in [-0.1, -0.05) is 15.9 Å². The lowest BCUT2D eigenvalue weighted by Crippen LogP contribution is -2.71. The van der Waals surface area contributed by atoms with Crippen LogP contribution >= 0.6 is 15.9 Å². The highest BCUT2D eigenvalue weighted by Gasteiger charge is 2.59. The van der Waals surface area contributed by atoms with Crippen molar-refractivity contribution in [3.8, 4) is 0 Å². The number of amides is 5. The van der Waals surface area contributed by atoms with Crippen molar-refractivity contribution in [3.63, 3.8) is 0 Å². The van der Waals surface area contributed by atoms with Crippen LogP contribution in [0.4, 0.5) is 0 Å². The lowest BCUT2D eigenvalue weighted by atomic mass is 9.93. The summed E-state index contributed by atoms with van der Waals surface area (Å²) in [6, 6.07) is -6.78. The van der Waals surface area contributed by atoms with E-state index in [4.69, 9.17) is 61.6 Å². The van der Waals surface area contributed by atoms with Gasteiger partial charge in [-0.05, 0) is 0 Å². The standard InChI is InChI=1S/C52H86BrN5O36/c1-13(65)54-25-36(77)41(21(10-63)83-46(25)58-24(69)5-53)90-49-28(57-16(4)68)37(78)42(22(11-64)88-49)91-50-40(81)43(92-52-45(39(80)32(73)20(9-62)87-52)94-48-27(56-15(3)67)35(76)30(71)18(7-60)85-48)33(74)23(89-50)12-82-51-44(38(79)31(72)19(8-61)86-51)93-47-26(55-14(2)66)34(75)29(70)17(6-59)84-47/h17-23,25-52,59-64,70-81H,5-12H2,1-4H3,(H,54,65)(H,55,66)(H,56,67)(H,57,68)(H,58,69)/t17?,18?,19?,20?,21?,22?,23?,25?,26?,27?,28?,29-,30+,31-,32-,33-,34?,35?,36?,37?,38?,39?,40?,41-,42-,43?,44?,45?,46-,47+,48+,49+,50+,51+,52-/m1/s1. The van der Waals surface area contributed by atoms with Gasteiger partial charge in [-0.2, -0.15) is 0 Å². The largest absolute Gasteiger partial charge is 0.394 e. The zero-order chi connectivity index (χ0) is 69.5. The SMILES string of the molecule is CC(=O)NC1C(O)[C@H](O)C(CO)O[C@H]1OC1C(O)[C@H](O)C(CO)O[C@@H]1OCC1O[C@@H](O[C@@H]2C(CO)O[C@@H](O[C@@H]3C(CO)O[C@@H](NC(=O)CBr)C(NC(C)=O)C3O)C(NC(C)=O)C2O)C(O)C(O[C@H]2OC(CO)[C@@H](O)C(O)C2O[C@@H]2OC(CO)[C@H](O)C(O)C2NC(C)=O)[C@@H]1O. The second-order valence-corrected chi connectivity index (χ2v) is 23.8. The van der Waals surface area contributed by atoms with E-state index < -0.39 is 290 Å². The van der Waals surface area contributed by atoms with E-state index in [1.54, 1.807) is 0 Å². The Morgan fingerprint density at radius 2 is 0.638 bits per heavy atom. The summed E-state index contributed by atoms with van der Waals surface area (Å²) in [6.07, 6.45) is -61.7. The van der Waals surface area contributed by atoms with E-state index in [0.29, 0.717) is 0 Å². The van der Waals surface area contributed by atoms with Gasteiger partial charge in [0.1, 0.15) is 171 Å². The van der Waals surface area contributed by atoms with Crippen LogP contribution < -0.4 is 26.6 Å². The van der Waals surface area contributed by atoms with E-state index in [0.717, 1.165) is 27.7 Å². The molecule has 7 aliphatic rings. The highest BCUT2D eigenvalue weighted by molar-refractivity contribution is 9.09. The first-order valence-electron chi connectivity index (χ1n) is 29.7. The van der Waals surface area contributed by atoms with E-state index in [1.807, 2.05) is 0 Å². The summed E-state index contributed by atoms with van der Waals surface area (Å²) in [6.45, 7) is -3.15. The Morgan fingerprint density at radius 1 is 0.319 bits per heavy atom. The summed E-state index contributed by atoms with van der Waals surface area (Å²) < 4.78 is 77.5. The number of aliphatic hydroxyl groups is 18. The molecular weight excluding hydrogens is 1350 g/mol. The molecule has 23 N–H and O–H groups in total. The Morgan fingerprint density at radius 3 is 1.06 bits per heavy atom. The van der Waals surface area contributed by atoms with Crippen LogP contribution in [0, 0.1) is 0 Å². The van der Waals surface area contributed by atoms with Crippen molar-refractivity contribution in [2.75, 3.05) is 51.6 Å². The first-order valence-corrected chi connectivity index (χ1v) is 30.8. The smallest absolute Gasteiger partial charge is 0.232 e. The highest BCUT2D eigenvalue weighted by Crippen LogP contribution is 2.38. The van der Waals surface area contributed by atoms with Crippen LogP contribution in [0.1, 0.15) is 27.7 Å². The van der Waals surface area contributed by atoms with Crippen LogP contribution in [0.15, 0.2) is 0 Å². The molecule has 5 amide bonds. The molecule has 0 aromatic rings. The van der Waals surface area contributed by atoms with E-state index in [-0.39, 0.29) is 5.33 Å². The van der Waals surface area contributed by atoms with Crippen LogP contribution in [0.25, 0.3) is 0 Å². The minimum Gasteiger partial charge on any atom is -0.394 e. The van der Waals surface area contributed by atoms with Crippen molar-refractivity contribution in [2.45, 2.75) is 242 Å². The molecule has 0 bridgehead atoms. The Hall–Kier alpha value is -3.41. The highest BCUT2D eigenvalue weighted by atomic mass is 79.9. The molecule has 7 saturated heterocycles. The zero-order valence-electron chi connectivity index (χ0n) is 50.6. The fraction of sp³-hybridized carbons (Fsp3) is 0.904. The lowest BCUT2D eigenvalue weighted by molar-refractivity contribution is -0.395. The van der Waals surface area contributed by atoms with E-state index in [2.05, 4.69) is 42.5 Å². The Balaban J connectivity index is 1.25. The first-order chi connectivity index (χ1) is 44.5. The molecule has 0 aliphatic carbocycles. The third kappa shape index (κ3) is 17.8. The minimum atomic E-state index is -2.46. The van der Waals surface area contributed by atoms with E-state index in [1.165, 1.54) is 0 Å². The summed E-state index contributed by atoms with van der Waals surface area (Å²) in [5, 5.41) is 211. The van der Waals surface area contributed by atoms with Crippen molar-refractivity contribution >= 4 is 45.5 Å². The maximum Gasteiger partial charge on any atom is 0.232 e. The molecule has 7 aliphatic heterocycles. The molecular formula is C52H86BrN5O36. The normalized spacial score (nSPS) is 46.0. The number of rotatable bonds is 25. The average Bonchev–Trinajstić information content (AvgIpc) is 0.779. The number of nitrogens with one attached hydrogen (secondary N) is 5. The lowest BCUT2D eigenvalue weighted by Gasteiger charge is -2.51. The fourth-order valence-corrected chi connectivity index (χ4v) is 12.0. The van der Waals surface area contributed by atoms with Crippen molar-refractivity contribution < 1.29 is 177 Å². The number of ether oxygens (including phenoxy) is 13. The monoisotopic (exact) mass is 1440 g/mol. The van der Waals surface area contributed by atoms with Gasteiger partial charge < -0.3 is 180 Å². The Labute approximate surface area is 542 Å². The van der Waals surface area contributed by atoms with Crippen LogP contribution in [-0.2, 0) is 85.6 Å². The van der Waals surface area contributed by atoms with Gasteiger partial charge in [-0.15, -0.1) is 0 Å². The van der Waals surface area contributed by atoms with Gasteiger partial charge in [-0.3, -0.25) is 24.0 Å². The molecule has 21 unspecified atom stereocenters. The first kappa shape index (κ1) is 77.9. The Bertz CT molecular complexity index is 2460. The fourth-order valence-electron chi connectivity index (χ4n) is 11.8. The van der Waals surface area contributed by atoms with Crippen molar-refractivity contribution in [2.24, 2.45) is 0 Å². The second-order valence-electron chi connectivity index (χ2n) is 23.3. The molecule has 7 fully saturated rings. The number of carbonyl (C=O) groups excluding carboxylic acids is 5. The summed E-state index contributed by atoms with van der Waals surface area (Å²) in [5.74, 6) is -3.95. The molecule has 0 aromatic carbocycles. The number of aliphatic hydroxyl groups excluding tert-OH is 18. The third-order valence-corrected chi connectivity index (χ3v) is 17.1. The molecule has 542 valence electrons. The van der Waals surface area contributed by atoms with Crippen LogP contribution in [-0.4, -0.2) is 388 Å². The predicted molar refractivity (Wildman–Crippen MR) is 298 cm³/mol. The molecule has 0 aromatic heterocycles. The van der Waals surface area contributed by atoms with Gasteiger partial charge in [0.05, 0.1) is 51.6 Å². The molecule has 0 saturated carbocycles. The van der Waals surface area contributed by atoms with E-state index >= 15 is 0 Å². The third-order valence-electron chi connectivity index (χ3n) is 16.6. The van der Waals surface area contributed by atoms with Gasteiger partial charge in [0.15, 0.2) is 44.0 Å². The second kappa shape index (κ2) is 34.6. The van der Waals surface area contributed by atoms with Crippen molar-refractivity contribution in [1.82, 2.24) is 26.6 Å². The number of carbonyl (C=O) groups is 5. The maximum absolute atomic E-state index is 12.9. The average molecular weight is 1440 g/mol. The Kier molecular flexibility index (Phi) is 28.7. The molecule has 0 spiro atoms. The van der Waals surface area contributed by atoms with Gasteiger partial charge in [0, 0.05) is 27.7 Å². The number of hydrogen-bond acceptors (Lipinski definition) is 36. The molecule has 35 atom stereocenters. The molecule has 7 heterocycles. The summed E-state index contributed by atoms with van der Waals surface area (Å²) in [4.78, 5) is 62.5. The summed E-state index contributed by atoms with van der Waals surface area (Å²) >= 11 is 2.98. The quantitative estimate of drug-likeness (QED) is 0.0377. The topological polar surface area (TPSA) is 630 Å². The van der Waals surface area contributed by atoms with Crippen LogP contribution in [0.5, 0.6) is 0 Å². The molecule has 94 heavy (non-hydrogen) atoms. The van der Waals surface area contributed by atoms with Crippen LogP contribution in [0.2, 0.25) is 0 Å². The number of hydrogen-bond donors (Lipinski definition) is 23. The van der Waals surface area contributed by atoms with Crippen LogP contribution in [0.3, 0.4) is 0 Å². The summed E-state index contributed by atoms with van der Waals surface area (Å²) in [5.41, 5.74) is 0. The molecule has 0 radical (unpaired) electrons. The number of halogens is 1. The molecule has 42 heteroatoms. The maximum atomic E-state index is 12.9. The van der Waals surface area contributed by atoms with E-state index in [9.17, 15) is 116 Å². The van der Waals surface area contributed by atoms with Gasteiger partial charge in [0.2, 0.25) is 29.5 Å². The zero-order valence-corrected chi connectivity index (χ0v) is 52.2.